The summed E-state index contributed by atoms with van der Waals surface area (Å²) in [5.41, 5.74) is 0.962. The van der Waals surface area contributed by atoms with Gasteiger partial charge >= 0.3 is 5.69 Å². The molecule has 5 nitrogen and oxygen atoms in total. The van der Waals surface area contributed by atoms with Gasteiger partial charge in [-0.05, 0) is 24.5 Å². The quantitative estimate of drug-likeness (QED) is 0.656. The Hall–Kier alpha value is -1.62. The maximum absolute atomic E-state index is 10.9. The van der Waals surface area contributed by atoms with Gasteiger partial charge in [0.05, 0.1) is 12.0 Å². The van der Waals surface area contributed by atoms with Crippen LogP contribution in [0.3, 0.4) is 0 Å². The van der Waals surface area contributed by atoms with E-state index in [4.69, 9.17) is 4.74 Å². The fourth-order valence-electron chi connectivity index (χ4n) is 2.56. The van der Waals surface area contributed by atoms with E-state index in [1.54, 1.807) is 12.1 Å². The van der Waals surface area contributed by atoms with Crippen LogP contribution in [0.1, 0.15) is 37.7 Å². The normalized spacial score (nSPS) is 16.3. The molecule has 5 heteroatoms. The van der Waals surface area contributed by atoms with Crippen molar-refractivity contribution in [2.24, 2.45) is 0 Å². The maximum Gasteiger partial charge on any atom is 0.311 e. The van der Waals surface area contributed by atoms with Gasteiger partial charge in [0.25, 0.3) is 0 Å². The third-order valence-electron chi connectivity index (χ3n) is 3.64. The molecule has 1 fully saturated rings. The lowest BCUT2D eigenvalue weighted by molar-refractivity contribution is -0.385. The Morgan fingerprint density at radius 3 is 2.74 bits per heavy atom. The van der Waals surface area contributed by atoms with Gasteiger partial charge in [0, 0.05) is 18.7 Å². The average Bonchev–Trinajstić information content (AvgIpc) is 2.46. The molecule has 2 rings (SSSR count). The predicted octanol–water partition coefficient (Wildman–Crippen LogP) is 3.03. The van der Waals surface area contributed by atoms with Gasteiger partial charge in [-0.2, -0.15) is 0 Å². The zero-order valence-corrected chi connectivity index (χ0v) is 11.2. The van der Waals surface area contributed by atoms with Gasteiger partial charge in [0.15, 0.2) is 5.75 Å². The number of nitrogens with zero attached hydrogens (tertiary/aromatic N) is 1. The van der Waals surface area contributed by atoms with E-state index in [0.717, 1.165) is 5.56 Å². The lowest BCUT2D eigenvalue weighted by atomic mass is 9.95. The first-order chi connectivity index (χ1) is 9.20. The summed E-state index contributed by atoms with van der Waals surface area (Å²) in [4.78, 5) is 10.5. The second kappa shape index (κ2) is 6.52. The molecular formula is C14H20N2O3. The highest BCUT2D eigenvalue weighted by Gasteiger charge is 2.16. The molecule has 19 heavy (non-hydrogen) atoms. The van der Waals surface area contributed by atoms with Gasteiger partial charge in [-0.15, -0.1) is 0 Å². The molecule has 0 saturated heterocycles. The molecule has 0 atom stereocenters. The van der Waals surface area contributed by atoms with Gasteiger partial charge < -0.3 is 10.1 Å². The smallest absolute Gasteiger partial charge is 0.311 e. The lowest BCUT2D eigenvalue weighted by Crippen LogP contribution is -2.30. The summed E-state index contributed by atoms with van der Waals surface area (Å²) >= 11 is 0. The van der Waals surface area contributed by atoms with Crippen molar-refractivity contribution in [2.45, 2.75) is 44.7 Å². The monoisotopic (exact) mass is 264 g/mol. The SMILES string of the molecule is COc1ccc(CNC2CCCCC2)cc1[N+](=O)[O-]. The number of rotatable bonds is 5. The zero-order valence-electron chi connectivity index (χ0n) is 11.2. The van der Waals surface area contributed by atoms with Crippen molar-refractivity contribution >= 4 is 5.69 Å². The highest BCUT2D eigenvalue weighted by molar-refractivity contribution is 5.48. The number of nitrogens with one attached hydrogen (secondary N) is 1. The Morgan fingerprint density at radius 1 is 1.37 bits per heavy atom. The number of hydrogen-bond acceptors (Lipinski definition) is 4. The van der Waals surface area contributed by atoms with Gasteiger partial charge in [0.2, 0.25) is 0 Å². The third-order valence-corrected chi connectivity index (χ3v) is 3.64. The van der Waals surface area contributed by atoms with E-state index in [1.807, 2.05) is 6.07 Å². The van der Waals surface area contributed by atoms with Crippen LogP contribution in [0.5, 0.6) is 5.75 Å². The lowest BCUT2D eigenvalue weighted by Gasteiger charge is -2.22. The average molecular weight is 264 g/mol. The van der Waals surface area contributed by atoms with E-state index in [-0.39, 0.29) is 5.69 Å². The van der Waals surface area contributed by atoms with E-state index in [9.17, 15) is 10.1 Å². The molecule has 0 heterocycles. The summed E-state index contributed by atoms with van der Waals surface area (Å²) in [6.07, 6.45) is 6.30. The molecule has 0 spiro atoms. The molecule has 0 bridgehead atoms. The van der Waals surface area contributed by atoms with Gasteiger partial charge in [0.1, 0.15) is 0 Å². The fraction of sp³-hybridized carbons (Fsp3) is 0.571. The van der Waals surface area contributed by atoms with Gasteiger partial charge in [-0.1, -0.05) is 25.3 Å². The molecular weight excluding hydrogens is 244 g/mol. The molecule has 0 aromatic heterocycles. The van der Waals surface area contributed by atoms with Crippen LogP contribution < -0.4 is 10.1 Å². The molecule has 0 amide bonds. The first-order valence-electron chi connectivity index (χ1n) is 6.75. The fourth-order valence-corrected chi connectivity index (χ4v) is 2.56. The molecule has 1 N–H and O–H groups in total. The Balaban J connectivity index is 2.00. The van der Waals surface area contributed by atoms with Crippen LogP contribution in [0.4, 0.5) is 5.69 Å². The van der Waals surface area contributed by atoms with Crippen LogP contribution in [-0.4, -0.2) is 18.1 Å². The molecule has 0 radical (unpaired) electrons. The molecule has 0 unspecified atom stereocenters. The number of ether oxygens (including phenoxy) is 1. The van der Waals surface area contributed by atoms with Crippen molar-refractivity contribution in [2.75, 3.05) is 7.11 Å². The largest absolute Gasteiger partial charge is 0.490 e. The van der Waals surface area contributed by atoms with Crippen LogP contribution in [0.15, 0.2) is 18.2 Å². The Kier molecular flexibility index (Phi) is 4.74. The first kappa shape index (κ1) is 13.8. The number of hydrogen-bond donors (Lipinski definition) is 1. The van der Waals surface area contributed by atoms with Crippen molar-refractivity contribution in [3.8, 4) is 5.75 Å². The van der Waals surface area contributed by atoms with Crippen LogP contribution >= 0.6 is 0 Å². The molecule has 1 aromatic carbocycles. The zero-order chi connectivity index (χ0) is 13.7. The van der Waals surface area contributed by atoms with Crippen LogP contribution in [0, 0.1) is 10.1 Å². The Labute approximate surface area is 113 Å². The molecule has 0 aliphatic heterocycles. The minimum atomic E-state index is -0.400. The Morgan fingerprint density at radius 2 is 2.11 bits per heavy atom. The van der Waals surface area contributed by atoms with Crippen LogP contribution in [0.2, 0.25) is 0 Å². The van der Waals surface area contributed by atoms with E-state index in [2.05, 4.69) is 5.32 Å². The summed E-state index contributed by atoms with van der Waals surface area (Å²) < 4.78 is 4.99. The highest BCUT2D eigenvalue weighted by atomic mass is 16.6. The number of benzene rings is 1. The van der Waals surface area contributed by atoms with E-state index in [1.165, 1.54) is 39.2 Å². The van der Waals surface area contributed by atoms with Crippen molar-refractivity contribution < 1.29 is 9.66 Å². The number of nitro benzene ring substituents is 1. The second-order valence-corrected chi connectivity index (χ2v) is 4.98. The van der Waals surface area contributed by atoms with Crippen molar-refractivity contribution in [1.82, 2.24) is 5.32 Å². The third kappa shape index (κ3) is 3.67. The minimum Gasteiger partial charge on any atom is -0.490 e. The van der Waals surface area contributed by atoms with Gasteiger partial charge in [-0.25, -0.2) is 0 Å². The Bertz CT molecular complexity index is 442. The van der Waals surface area contributed by atoms with Crippen LogP contribution in [-0.2, 0) is 6.54 Å². The van der Waals surface area contributed by atoms with Crippen molar-refractivity contribution in [3.63, 3.8) is 0 Å². The van der Waals surface area contributed by atoms with Gasteiger partial charge in [-0.3, -0.25) is 10.1 Å². The standard InChI is InChI=1S/C14H20N2O3/c1-19-14-8-7-11(9-13(14)16(17)18)10-15-12-5-3-2-4-6-12/h7-9,12,15H,2-6,10H2,1H3. The minimum absolute atomic E-state index is 0.0328. The molecule has 1 aliphatic rings. The second-order valence-electron chi connectivity index (χ2n) is 4.98. The molecule has 104 valence electrons. The topological polar surface area (TPSA) is 64.4 Å². The predicted molar refractivity (Wildman–Crippen MR) is 73.4 cm³/mol. The summed E-state index contributed by atoms with van der Waals surface area (Å²) in [7, 11) is 1.45. The maximum atomic E-state index is 10.9. The van der Waals surface area contributed by atoms with Crippen LogP contribution in [0.25, 0.3) is 0 Å². The molecule has 1 aromatic rings. The summed E-state index contributed by atoms with van der Waals surface area (Å²) in [5, 5.41) is 14.4. The summed E-state index contributed by atoms with van der Waals surface area (Å²) in [5.74, 6) is 0.311. The number of methoxy groups -OCH3 is 1. The summed E-state index contributed by atoms with van der Waals surface area (Å²) in [6, 6.07) is 5.68. The van der Waals surface area contributed by atoms with Crippen molar-refractivity contribution in [1.29, 1.82) is 0 Å². The van der Waals surface area contributed by atoms with Crippen molar-refractivity contribution in [3.05, 3.63) is 33.9 Å². The molecule has 1 saturated carbocycles. The van der Waals surface area contributed by atoms with E-state index < -0.39 is 4.92 Å². The highest BCUT2D eigenvalue weighted by Crippen LogP contribution is 2.27. The number of nitro groups is 1. The van der Waals surface area contributed by atoms with E-state index >= 15 is 0 Å². The van der Waals surface area contributed by atoms with E-state index in [0.29, 0.717) is 18.3 Å². The summed E-state index contributed by atoms with van der Waals surface area (Å²) in [6.45, 7) is 0.676. The molecule has 1 aliphatic carbocycles. The first-order valence-corrected chi connectivity index (χ1v) is 6.75.